The van der Waals surface area contributed by atoms with Gasteiger partial charge in [-0.05, 0) is 79.4 Å². The van der Waals surface area contributed by atoms with Crippen LogP contribution < -0.4 is 10.9 Å². The van der Waals surface area contributed by atoms with Gasteiger partial charge in [0.05, 0.1) is 5.75 Å². The molecule has 2 N–H and O–H groups in total. The van der Waals surface area contributed by atoms with E-state index in [0.29, 0.717) is 17.5 Å². The Morgan fingerprint density at radius 2 is 1.50 bits per heavy atom. The van der Waals surface area contributed by atoms with Crippen molar-refractivity contribution in [3.05, 3.63) is 35.4 Å². The van der Waals surface area contributed by atoms with E-state index in [9.17, 15) is 18.0 Å². The van der Waals surface area contributed by atoms with Gasteiger partial charge in [0.15, 0.2) is 9.84 Å². The van der Waals surface area contributed by atoms with Crippen molar-refractivity contribution in [1.82, 2.24) is 10.9 Å². The second-order valence-electron chi connectivity index (χ2n) is 9.36. The van der Waals surface area contributed by atoms with E-state index in [1.165, 1.54) is 25.5 Å². The van der Waals surface area contributed by atoms with E-state index in [1.54, 1.807) is 24.3 Å². The van der Waals surface area contributed by atoms with Crippen LogP contribution >= 0.6 is 0 Å². The van der Waals surface area contributed by atoms with Crippen molar-refractivity contribution in [1.29, 1.82) is 0 Å². The minimum atomic E-state index is -3.11. The fourth-order valence-corrected chi connectivity index (χ4v) is 6.94. The van der Waals surface area contributed by atoms with Gasteiger partial charge >= 0.3 is 0 Å². The molecule has 4 bridgehead atoms. The molecule has 0 aromatic heterocycles. The Morgan fingerprint density at radius 1 is 0.964 bits per heavy atom. The van der Waals surface area contributed by atoms with Gasteiger partial charge in [-0.15, -0.1) is 0 Å². The van der Waals surface area contributed by atoms with Crippen molar-refractivity contribution in [2.75, 3.05) is 6.26 Å². The van der Waals surface area contributed by atoms with Crippen LogP contribution in [0, 0.1) is 23.2 Å². The van der Waals surface area contributed by atoms with Crippen LogP contribution in [-0.2, 0) is 20.4 Å². The lowest BCUT2D eigenvalue weighted by molar-refractivity contribution is -0.130. The van der Waals surface area contributed by atoms with Crippen LogP contribution in [0.4, 0.5) is 0 Å². The zero-order valence-corrected chi connectivity index (χ0v) is 17.1. The molecule has 0 aliphatic heterocycles. The molecule has 0 heterocycles. The molecule has 4 aliphatic carbocycles. The number of hydrazine groups is 1. The van der Waals surface area contributed by atoms with Crippen molar-refractivity contribution < 1.29 is 18.0 Å². The molecule has 0 saturated heterocycles. The van der Waals surface area contributed by atoms with Crippen LogP contribution in [0.2, 0.25) is 0 Å². The summed E-state index contributed by atoms with van der Waals surface area (Å²) >= 11 is 0. The third-order valence-electron chi connectivity index (χ3n) is 6.66. The summed E-state index contributed by atoms with van der Waals surface area (Å²) in [4.78, 5) is 24.7. The van der Waals surface area contributed by atoms with Crippen LogP contribution in [0.3, 0.4) is 0 Å². The molecule has 0 unspecified atom stereocenters. The van der Waals surface area contributed by atoms with Crippen LogP contribution in [-0.4, -0.2) is 26.5 Å². The van der Waals surface area contributed by atoms with Crippen molar-refractivity contribution >= 4 is 21.7 Å². The number of hydrogen-bond acceptors (Lipinski definition) is 4. The highest BCUT2D eigenvalue weighted by Crippen LogP contribution is 2.61. The number of hydrogen-bond donors (Lipinski definition) is 2. The molecule has 0 atom stereocenters. The highest BCUT2D eigenvalue weighted by Gasteiger charge is 2.51. The maximum Gasteiger partial charge on any atom is 0.269 e. The summed E-state index contributed by atoms with van der Waals surface area (Å²) < 4.78 is 22.7. The molecular formula is C21H28N2O4S. The fraction of sp³-hybridized carbons (Fsp3) is 0.619. The largest absolute Gasteiger partial charge is 0.273 e. The highest BCUT2D eigenvalue weighted by atomic mass is 32.2. The Morgan fingerprint density at radius 3 is 2.00 bits per heavy atom. The average molecular weight is 405 g/mol. The molecule has 4 fully saturated rings. The molecule has 5 rings (SSSR count). The fourth-order valence-electron chi connectivity index (χ4n) is 6.15. The van der Waals surface area contributed by atoms with Crippen LogP contribution in [0.5, 0.6) is 0 Å². The molecule has 1 aromatic rings. The molecule has 7 heteroatoms. The number of carbonyl (C=O) groups excluding carboxylic acids is 2. The first-order chi connectivity index (χ1) is 13.2. The van der Waals surface area contributed by atoms with Gasteiger partial charge in [-0.25, -0.2) is 8.42 Å². The average Bonchev–Trinajstić information content (AvgIpc) is 2.57. The minimum absolute atomic E-state index is 0.0588. The molecule has 1 aromatic carbocycles. The van der Waals surface area contributed by atoms with Crippen LogP contribution in [0.25, 0.3) is 0 Å². The van der Waals surface area contributed by atoms with Crippen LogP contribution in [0.1, 0.15) is 60.9 Å². The van der Waals surface area contributed by atoms with Gasteiger partial charge in [0.2, 0.25) is 5.91 Å². The van der Waals surface area contributed by atoms with Crippen molar-refractivity contribution in [2.45, 2.75) is 50.7 Å². The summed E-state index contributed by atoms with van der Waals surface area (Å²) in [7, 11) is -3.11. The number of rotatable bonds is 5. The summed E-state index contributed by atoms with van der Waals surface area (Å²) in [6.45, 7) is 0. The zero-order valence-electron chi connectivity index (χ0n) is 16.2. The van der Waals surface area contributed by atoms with E-state index in [-0.39, 0.29) is 17.1 Å². The third kappa shape index (κ3) is 4.40. The molecule has 4 aliphatic rings. The number of amides is 2. The monoisotopic (exact) mass is 404 g/mol. The SMILES string of the molecule is CS(=O)(=O)Cc1ccc(C(=O)NNC(=O)CC23CC4CC(CC(C4)C2)C3)cc1. The van der Waals surface area contributed by atoms with E-state index in [2.05, 4.69) is 10.9 Å². The Kier molecular flexibility index (Phi) is 4.98. The van der Waals surface area contributed by atoms with Gasteiger partial charge in [-0.2, -0.15) is 0 Å². The van der Waals surface area contributed by atoms with Gasteiger partial charge in [-0.1, -0.05) is 12.1 Å². The second-order valence-corrected chi connectivity index (χ2v) is 11.5. The predicted octanol–water partition coefficient (Wildman–Crippen LogP) is 2.60. The first kappa shape index (κ1) is 19.4. The minimum Gasteiger partial charge on any atom is -0.273 e. The number of nitrogens with one attached hydrogen (secondary N) is 2. The van der Waals surface area contributed by atoms with E-state index >= 15 is 0 Å². The molecule has 0 radical (unpaired) electrons. The number of carbonyl (C=O) groups is 2. The van der Waals surface area contributed by atoms with E-state index in [0.717, 1.165) is 37.0 Å². The molecule has 2 amide bonds. The summed E-state index contributed by atoms with van der Waals surface area (Å²) in [5.74, 6) is 1.79. The van der Waals surface area contributed by atoms with Gasteiger partial charge in [0.1, 0.15) is 0 Å². The molecule has 4 saturated carbocycles. The maximum atomic E-state index is 12.5. The summed E-state index contributed by atoms with van der Waals surface area (Å²) in [5, 5.41) is 0. The zero-order chi connectivity index (χ0) is 19.9. The molecule has 0 spiro atoms. The predicted molar refractivity (Wildman–Crippen MR) is 106 cm³/mol. The summed E-state index contributed by atoms with van der Waals surface area (Å²) in [6.07, 6.45) is 9.15. The lowest BCUT2D eigenvalue weighted by Crippen LogP contribution is -2.50. The Balaban J connectivity index is 1.29. The lowest BCUT2D eigenvalue weighted by Gasteiger charge is -2.56. The van der Waals surface area contributed by atoms with Crippen LogP contribution in [0.15, 0.2) is 24.3 Å². The van der Waals surface area contributed by atoms with Crippen molar-refractivity contribution in [3.8, 4) is 0 Å². The van der Waals surface area contributed by atoms with Crippen molar-refractivity contribution in [3.63, 3.8) is 0 Å². The Hall–Kier alpha value is -1.89. The summed E-state index contributed by atoms with van der Waals surface area (Å²) in [5.41, 5.74) is 6.21. The molecule has 28 heavy (non-hydrogen) atoms. The topological polar surface area (TPSA) is 92.3 Å². The van der Waals surface area contributed by atoms with E-state index in [4.69, 9.17) is 0 Å². The summed E-state index contributed by atoms with van der Waals surface area (Å²) in [6, 6.07) is 6.38. The number of benzene rings is 1. The van der Waals surface area contributed by atoms with Gasteiger partial charge in [0, 0.05) is 18.2 Å². The van der Waals surface area contributed by atoms with Gasteiger partial charge in [0.25, 0.3) is 5.91 Å². The van der Waals surface area contributed by atoms with Gasteiger partial charge < -0.3 is 0 Å². The molecule has 152 valence electrons. The first-order valence-corrected chi connectivity index (χ1v) is 12.1. The molecule has 6 nitrogen and oxygen atoms in total. The highest BCUT2D eigenvalue weighted by molar-refractivity contribution is 7.89. The molecular weight excluding hydrogens is 376 g/mol. The smallest absolute Gasteiger partial charge is 0.269 e. The quantitative estimate of drug-likeness (QED) is 0.738. The van der Waals surface area contributed by atoms with Crippen molar-refractivity contribution in [2.24, 2.45) is 23.2 Å². The third-order valence-corrected chi connectivity index (χ3v) is 7.52. The number of sulfone groups is 1. The first-order valence-electron chi connectivity index (χ1n) is 10.1. The maximum absolute atomic E-state index is 12.5. The van der Waals surface area contributed by atoms with E-state index in [1.807, 2.05) is 0 Å². The Bertz CT molecular complexity index is 841. The standard InChI is InChI=1S/C21H28N2O4S/c1-28(26,27)13-14-2-4-18(5-3-14)20(25)23-22-19(24)12-21-9-15-6-16(10-21)8-17(7-15)11-21/h2-5,15-17H,6-13H2,1H3,(H,22,24)(H,23,25). The Labute approximate surface area is 166 Å². The lowest BCUT2D eigenvalue weighted by atomic mass is 9.49. The normalized spacial score (nSPS) is 30.8. The second kappa shape index (κ2) is 7.17. The van der Waals surface area contributed by atoms with Gasteiger partial charge in [-0.3, -0.25) is 20.4 Å². The van der Waals surface area contributed by atoms with E-state index < -0.39 is 15.7 Å².